The van der Waals surface area contributed by atoms with E-state index in [1.807, 2.05) is 0 Å². The summed E-state index contributed by atoms with van der Waals surface area (Å²) < 4.78 is 12.0. The Morgan fingerprint density at radius 2 is 2.19 bits per heavy atom. The maximum absolute atomic E-state index is 11.2. The Bertz CT molecular complexity index is 571. The van der Waals surface area contributed by atoms with Gasteiger partial charge in [-0.1, -0.05) is 24.6 Å². The molecular weight excluding hydrogens is 332 g/mol. The lowest BCUT2D eigenvalue weighted by atomic mass is 9.43. The number of ether oxygens (including phenoxy) is 2. The molecule has 2 bridgehead atoms. The molecule has 0 spiro atoms. The summed E-state index contributed by atoms with van der Waals surface area (Å²) in [6.45, 7) is 4.89. The van der Waals surface area contributed by atoms with Crippen molar-refractivity contribution in [1.29, 1.82) is 0 Å². The topological polar surface area (TPSA) is 79.2 Å². The molecule has 2 fully saturated rings. The smallest absolute Gasteiger partial charge is 0.169 e. The van der Waals surface area contributed by atoms with Crippen molar-refractivity contribution in [2.75, 3.05) is 26.9 Å². The number of methoxy groups -OCH3 is 1. The third kappa shape index (κ3) is 2.80. The minimum absolute atomic E-state index is 0.0239. The van der Waals surface area contributed by atoms with Gasteiger partial charge in [-0.25, -0.2) is 0 Å². The van der Waals surface area contributed by atoms with Crippen LogP contribution in [0.1, 0.15) is 46.0 Å². The van der Waals surface area contributed by atoms with Gasteiger partial charge < -0.3 is 24.8 Å². The second kappa shape index (κ2) is 7.72. The molecule has 3 aliphatic rings. The fourth-order valence-electron chi connectivity index (χ4n) is 6.17. The molecule has 1 saturated carbocycles. The van der Waals surface area contributed by atoms with Crippen LogP contribution in [0.25, 0.3) is 0 Å². The van der Waals surface area contributed by atoms with Gasteiger partial charge in [0.05, 0.1) is 31.3 Å². The van der Waals surface area contributed by atoms with Crippen molar-refractivity contribution in [3.63, 3.8) is 0 Å². The summed E-state index contributed by atoms with van der Waals surface area (Å²) in [5.41, 5.74) is 1.55. The molecule has 0 aromatic carbocycles. The minimum Gasteiger partial charge on any atom is -0.392 e. The lowest BCUT2D eigenvalue weighted by Gasteiger charge is -2.66. The van der Waals surface area contributed by atoms with E-state index in [4.69, 9.17) is 9.47 Å². The van der Waals surface area contributed by atoms with Gasteiger partial charge in [-0.05, 0) is 56.4 Å². The first kappa shape index (κ1) is 20.0. The molecule has 1 aliphatic heterocycles. The number of rotatable bonds is 6. The van der Waals surface area contributed by atoms with Gasteiger partial charge >= 0.3 is 0 Å². The molecule has 5 heteroatoms. The Labute approximate surface area is 156 Å². The summed E-state index contributed by atoms with van der Waals surface area (Å²) in [7, 11) is 1.67. The Morgan fingerprint density at radius 1 is 1.42 bits per heavy atom. The predicted molar refractivity (Wildman–Crippen MR) is 99.4 cm³/mol. The summed E-state index contributed by atoms with van der Waals surface area (Å²) in [6, 6.07) is 0. The largest absolute Gasteiger partial charge is 0.392 e. The summed E-state index contributed by atoms with van der Waals surface area (Å²) in [5.74, 6) is 0.625. The molecule has 1 unspecified atom stereocenters. The van der Waals surface area contributed by atoms with Crippen LogP contribution < -0.4 is 0 Å². The maximum Gasteiger partial charge on any atom is 0.169 e. The monoisotopic (exact) mass is 366 g/mol. The Balaban J connectivity index is 2.00. The van der Waals surface area contributed by atoms with Crippen LogP contribution in [-0.4, -0.2) is 54.6 Å². The van der Waals surface area contributed by atoms with Crippen LogP contribution in [0.15, 0.2) is 23.3 Å². The number of hydrogen-bond donors (Lipinski definition) is 3. The lowest BCUT2D eigenvalue weighted by molar-refractivity contribution is -0.325. The molecular formula is C21H34O5. The molecule has 0 aromatic rings. The van der Waals surface area contributed by atoms with Crippen molar-refractivity contribution < 1.29 is 24.8 Å². The van der Waals surface area contributed by atoms with Crippen LogP contribution in [0.4, 0.5) is 0 Å². The number of hydrogen-bond acceptors (Lipinski definition) is 5. The third-order valence-corrected chi connectivity index (χ3v) is 7.57. The van der Waals surface area contributed by atoms with Crippen molar-refractivity contribution >= 4 is 0 Å². The highest BCUT2D eigenvalue weighted by molar-refractivity contribution is 5.28. The van der Waals surface area contributed by atoms with E-state index in [-0.39, 0.29) is 18.6 Å². The van der Waals surface area contributed by atoms with E-state index in [0.29, 0.717) is 18.4 Å². The molecule has 5 nitrogen and oxygen atoms in total. The highest BCUT2D eigenvalue weighted by atomic mass is 16.7. The predicted octanol–water partition coefficient (Wildman–Crippen LogP) is 2.41. The highest BCUT2D eigenvalue weighted by Crippen LogP contribution is 2.66. The van der Waals surface area contributed by atoms with Crippen LogP contribution in [-0.2, 0) is 9.47 Å². The summed E-state index contributed by atoms with van der Waals surface area (Å²) in [5, 5.41) is 30.0. The molecule has 148 valence electrons. The van der Waals surface area contributed by atoms with Crippen LogP contribution >= 0.6 is 0 Å². The molecule has 1 saturated heterocycles. The van der Waals surface area contributed by atoms with Gasteiger partial charge in [0.15, 0.2) is 6.29 Å². The number of aliphatic hydroxyl groups excluding tert-OH is 3. The van der Waals surface area contributed by atoms with E-state index in [1.165, 1.54) is 5.57 Å². The van der Waals surface area contributed by atoms with Crippen molar-refractivity contribution in [3.05, 3.63) is 23.3 Å². The van der Waals surface area contributed by atoms with Gasteiger partial charge in [-0.3, -0.25) is 0 Å². The number of aliphatic hydroxyl groups is 3. The molecule has 0 radical (unpaired) electrons. The molecule has 0 amide bonds. The first-order valence-corrected chi connectivity index (χ1v) is 9.86. The van der Waals surface area contributed by atoms with Gasteiger partial charge in [0.2, 0.25) is 0 Å². The second-order valence-corrected chi connectivity index (χ2v) is 8.42. The fraction of sp³-hybridized carbons (Fsp3) is 0.810. The van der Waals surface area contributed by atoms with Crippen molar-refractivity contribution in [3.8, 4) is 0 Å². The zero-order valence-corrected chi connectivity index (χ0v) is 16.3. The van der Waals surface area contributed by atoms with E-state index in [9.17, 15) is 15.3 Å². The van der Waals surface area contributed by atoms with Crippen LogP contribution in [0.5, 0.6) is 0 Å². The standard InChI is InChI=1S/C21H34O5/c1-14-5-4-6-17-20(9-7-16(12-23)8-10-22)13-26-19(25-3)21(14,17)18(24)11-15(20)2/h5,8,15,17-19,22-24H,4,6-7,9-13H2,1-3H3/b16-8-/t15-,17?,18+,19-,20-,21-/m1/s1. The van der Waals surface area contributed by atoms with Crippen molar-refractivity contribution in [1.82, 2.24) is 0 Å². The first-order valence-electron chi connectivity index (χ1n) is 9.86. The van der Waals surface area contributed by atoms with Crippen molar-refractivity contribution in [2.45, 2.75) is 58.3 Å². The van der Waals surface area contributed by atoms with E-state index in [0.717, 1.165) is 37.7 Å². The Kier molecular flexibility index (Phi) is 5.95. The van der Waals surface area contributed by atoms with E-state index >= 15 is 0 Å². The highest BCUT2D eigenvalue weighted by Gasteiger charge is 2.67. The van der Waals surface area contributed by atoms with Gasteiger partial charge in [0.1, 0.15) is 0 Å². The van der Waals surface area contributed by atoms with E-state index in [2.05, 4.69) is 19.9 Å². The van der Waals surface area contributed by atoms with E-state index in [1.54, 1.807) is 13.2 Å². The van der Waals surface area contributed by atoms with Crippen molar-refractivity contribution in [2.24, 2.45) is 22.7 Å². The minimum atomic E-state index is -0.474. The van der Waals surface area contributed by atoms with Gasteiger partial charge in [-0.15, -0.1) is 0 Å². The second-order valence-electron chi connectivity index (χ2n) is 8.42. The third-order valence-electron chi connectivity index (χ3n) is 7.57. The Morgan fingerprint density at radius 3 is 2.85 bits per heavy atom. The maximum atomic E-state index is 11.2. The first-order chi connectivity index (χ1) is 12.5. The fourth-order valence-corrected chi connectivity index (χ4v) is 6.17. The molecule has 6 atom stereocenters. The average Bonchev–Trinajstić information content (AvgIpc) is 2.63. The zero-order chi connectivity index (χ0) is 18.9. The molecule has 3 N–H and O–H groups in total. The lowest BCUT2D eigenvalue weighted by Crippen LogP contribution is -2.69. The van der Waals surface area contributed by atoms with Crippen LogP contribution in [0.2, 0.25) is 0 Å². The van der Waals surface area contributed by atoms with E-state index < -0.39 is 17.8 Å². The quantitative estimate of drug-likeness (QED) is 0.629. The zero-order valence-electron chi connectivity index (χ0n) is 16.3. The molecule has 2 aliphatic carbocycles. The van der Waals surface area contributed by atoms with Gasteiger partial charge in [-0.2, -0.15) is 0 Å². The SMILES string of the molecule is CO[C@@H]1OC[C@@]2(CC/C(=C/CO)CO)C3CCC=C(C)[C@]31[C@@H](O)C[C@H]2C. The normalized spacial score (nSPS) is 43.0. The molecule has 3 rings (SSSR count). The van der Waals surface area contributed by atoms with Crippen LogP contribution in [0, 0.1) is 22.7 Å². The van der Waals surface area contributed by atoms with Gasteiger partial charge in [0.25, 0.3) is 0 Å². The van der Waals surface area contributed by atoms with Crippen LogP contribution in [0.3, 0.4) is 0 Å². The molecule has 0 aromatic heterocycles. The van der Waals surface area contributed by atoms with Gasteiger partial charge in [0, 0.05) is 12.5 Å². The average molecular weight is 366 g/mol. The summed E-state index contributed by atoms with van der Waals surface area (Å²) >= 11 is 0. The molecule has 1 heterocycles. The molecule has 26 heavy (non-hydrogen) atoms. The summed E-state index contributed by atoms with van der Waals surface area (Å²) in [4.78, 5) is 0. The number of allylic oxidation sites excluding steroid dienone is 1. The summed E-state index contributed by atoms with van der Waals surface area (Å²) in [6.07, 6.45) is 7.49. The Hall–Kier alpha value is -0.720.